The number of carbonyl (C=O) groups is 1. The second-order valence-electron chi connectivity index (χ2n) is 8.38. The van der Waals surface area contributed by atoms with Crippen LogP contribution in [0.25, 0.3) is 20.7 Å². The van der Waals surface area contributed by atoms with Crippen LogP contribution in [-0.2, 0) is 21.5 Å². The van der Waals surface area contributed by atoms with Crippen molar-refractivity contribution in [3.63, 3.8) is 0 Å². The molecule has 4 heterocycles. The molecule has 0 spiro atoms. The summed E-state index contributed by atoms with van der Waals surface area (Å²) in [5.74, 6) is 0.586. The third-order valence-electron chi connectivity index (χ3n) is 6.44. The summed E-state index contributed by atoms with van der Waals surface area (Å²) < 4.78 is 12.3. The van der Waals surface area contributed by atoms with Crippen LogP contribution in [0.15, 0.2) is 58.3 Å². The Morgan fingerprint density at radius 3 is 2.71 bits per heavy atom. The molecule has 1 aliphatic rings. The van der Waals surface area contributed by atoms with Crippen molar-refractivity contribution in [2.45, 2.75) is 24.8 Å². The van der Waals surface area contributed by atoms with Gasteiger partial charge in [0.15, 0.2) is 0 Å². The van der Waals surface area contributed by atoms with Gasteiger partial charge in [0.1, 0.15) is 17.1 Å². The minimum absolute atomic E-state index is 0.0727. The molecule has 1 amide bonds. The number of fused-ring (bicyclic) bond motifs is 1. The number of amides is 1. The lowest BCUT2D eigenvalue weighted by Crippen LogP contribution is -2.45. The van der Waals surface area contributed by atoms with Crippen LogP contribution in [0, 0.1) is 0 Å². The first-order chi connectivity index (χ1) is 16.6. The van der Waals surface area contributed by atoms with Crippen molar-refractivity contribution in [1.29, 1.82) is 0 Å². The summed E-state index contributed by atoms with van der Waals surface area (Å²) in [5.41, 5.74) is 1.62. The lowest BCUT2D eigenvalue weighted by Gasteiger charge is -2.38. The van der Waals surface area contributed by atoms with Gasteiger partial charge in [0, 0.05) is 41.0 Å². The molecule has 7 nitrogen and oxygen atoms in total. The standard InChI is InChI=1S/C25H25N3O4S2/c1-31-18-6-4-17(5-7-18)25(8-10-32-11-9-25)15-26-21(29)13-28-16-27-23-22(24(28)30)19(14-34-23)20-3-2-12-33-20/h2-7,12,14,16H,8-11,13,15H2,1H3,(H,26,29). The Bertz CT molecular complexity index is 1340. The number of thiophene rings is 2. The third kappa shape index (κ3) is 4.38. The predicted octanol–water partition coefficient (Wildman–Crippen LogP) is 4.06. The van der Waals surface area contributed by atoms with Crippen molar-refractivity contribution in [1.82, 2.24) is 14.9 Å². The highest BCUT2D eigenvalue weighted by Gasteiger charge is 2.35. The highest BCUT2D eigenvalue weighted by molar-refractivity contribution is 7.18. The zero-order chi connectivity index (χ0) is 23.5. The Balaban J connectivity index is 1.34. The number of nitrogens with one attached hydrogen (secondary N) is 1. The van der Waals surface area contributed by atoms with Gasteiger partial charge in [-0.3, -0.25) is 14.2 Å². The number of ether oxygens (including phenoxy) is 2. The van der Waals surface area contributed by atoms with Gasteiger partial charge >= 0.3 is 0 Å². The molecule has 1 N–H and O–H groups in total. The lowest BCUT2D eigenvalue weighted by atomic mass is 9.74. The van der Waals surface area contributed by atoms with Crippen molar-refractivity contribution >= 4 is 38.8 Å². The maximum absolute atomic E-state index is 13.2. The number of nitrogens with zero attached hydrogens (tertiary/aromatic N) is 2. The molecule has 9 heteroatoms. The van der Waals surface area contributed by atoms with E-state index >= 15 is 0 Å². The Labute approximate surface area is 205 Å². The van der Waals surface area contributed by atoms with Gasteiger partial charge in [-0.05, 0) is 42.0 Å². The van der Waals surface area contributed by atoms with Crippen LogP contribution in [0.5, 0.6) is 5.75 Å². The number of benzene rings is 1. The van der Waals surface area contributed by atoms with Gasteiger partial charge in [-0.25, -0.2) is 4.98 Å². The molecule has 1 fully saturated rings. The molecule has 0 atom stereocenters. The van der Waals surface area contributed by atoms with Crippen LogP contribution in [0.3, 0.4) is 0 Å². The first-order valence-corrected chi connectivity index (χ1v) is 12.8. The molecule has 0 bridgehead atoms. The van der Waals surface area contributed by atoms with Gasteiger partial charge < -0.3 is 14.8 Å². The van der Waals surface area contributed by atoms with Crippen LogP contribution < -0.4 is 15.6 Å². The molecule has 0 saturated carbocycles. The van der Waals surface area contributed by atoms with Gasteiger partial charge in [-0.1, -0.05) is 18.2 Å². The van der Waals surface area contributed by atoms with Gasteiger partial charge in [0.25, 0.3) is 5.56 Å². The first-order valence-electron chi connectivity index (χ1n) is 11.1. The highest BCUT2D eigenvalue weighted by Crippen LogP contribution is 2.35. The SMILES string of the molecule is COc1ccc(C2(CNC(=O)Cn3cnc4scc(-c5cccs5)c4c3=O)CCOCC2)cc1. The van der Waals surface area contributed by atoms with Crippen molar-refractivity contribution in [3.05, 3.63) is 69.4 Å². The van der Waals surface area contributed by atoms with E-state index < -0.39 is 0 Å². The van der Waals surface area contributed by atoms with E-state index in [1.807, 2.05) is 35.0 Å². The summed E-state index contributed by atoms with van der Waals surface area (Å²) >= 11 is 3.02. The van der Waals surface area contributed by atoms with E-state index in [2.05, 4.69) is 22.4 Å². The van der Waals surface area contributed by atoms with Gasteiger partial charge in [0.05, 0.1) is 18.8 Å². The Hall–Kier alpha value is -3.01. The van der Waals surface area contributed by atoms with Gasteiger partial charge in [-0.2, -0.15) is 0 Å². The van der Waals surface area contributed by atoms with E-state index in [1.165, 1.54) is 22.2 Å². The molecule has 1 aromatic carbocycles. The van der Waals surface area contributed by atoms with Crippen molar-refractivity contribution < 1.29 is 14.3 Å². The van der Waals surface area contributed by atoms with Gasteiger partial charge in [-0.15, -0.1) is 22.7 Å². The second-order valence-corrected chi connectivity index (χ2v) is 10.2. The van der Waals surface area contributed by atoms with Gasteiger partial charge in [0.2, 0.25) is 5.91 Å². The van der Waals surface area contributed by atoms with Crippen LogP contribution in [0.4, 0.5) is 0 Å². The minimum atomic E-state index is -0.215. The molecular weight excluding hydrogens is 470 g/mol. The molecule has 4 aromatic rings. The number of methoxy groups -OCH3 is 1. The highest BCUT2D eigenvalue weighted by atomic mass is 32.1. The molecule has 0 aliphatic carbocycles. The van der Waals surface area contributed by atoms with E-state index in [0.717, 1.165) is 34.6 Å². The summed E-state index contributed by atoms with van der Waals surface area (Å²) in [4.78, 5) is 32.3. The van der Waals surface area contributed by atoms with Crippen molar-refractivity contribution in [2.75, 3.05) is 26.9 Å². The first kappa shape index (κ1) is 22.8. The fraction of sp³-hybridized carbons (Fsp3) is 0.320. The molecule has 1 saturated heterocycles. The van der Waals surface area contributed by atoms with E-state index in [1.54, 1.807) is 18.4 Å². The normalized spacial score (nSPS) is 15.3. The van der Waals surface area contributed by atoms with Crippen molar-refractivity contribution in [2.24, 2.45) is 0 Å². The Morgan fingerprint density at radius 1 is 1.21 bits per heavy atom. The fourth-order valence-electron chi connectivity index (χ4n) is 4.45. The summed E-state index contributed by atoms with van der Waals surface area (Å²) in [6, 6.07) is 12.0. The predicted molar refractivity (Wildman–Crippen MR) is 135 cm³/mol. The van der Waals surface area contributed by atoms with Crippen LogP contribution in [-0.4, -0.2) is 42.3 Å². The maximum Gasteiger partial charge on any atom is 0.263 e. The zero-order valence-corrected chi connectivity index (χ0v) is 20.4. The van der Waals surface area contributed by atoms with Crippen LogP contribution in [0.1, 0.15) is 18.4 Å². The Kier molecular flexibility index (Phi) is 6.49. The average Bonchev–Trinajstić information content (AvgIpc) is 3.55. The average molecular weight is 496 g/mol. The number of aromatic nitrogens is 2. The molecule has 3 aromatic heterocycles. The molecule has 0 radical (unpaired) electrons. The fourth-order valence-corrected chi connectivity index (χ4v) is 6.17. The van der Waals surface area contributed by atoms with E-state index in [4.69, 9.17) is 9.47 Å². The number of hydrogen-bond acceptors (Lipinski definition) is 7. The van der Waals surface area contributed by atoms with Crippen LogP contribution in [0.2, 0.25) is 0 Å². The molecule has 5 rings (SSSR count). The quantitative estimate of drug-likeness (QED) is 0.418. The monoisotopic (exact) mass is 495 g/mol. The lowest BCUT2D eigenvalue weighted by molar-refractivity contribution is -0.122. The summed E-state index contributed by atoms with van der Waals surface area (Å²) in [6.45, 7) is 1.69. The Morgan fingerprint density at radius 2 is 2.00 bits per heavy atom. The number of hydrogen-bond donors (Lipinski definition) is 1. The molecular formula is C25H25N3O4S2. The van der Waals surface area contributed by atoms with Crippen molar-refractivity contribution in [3.8, 4) is 16.2 Å². The summed E-state index contributed by atoms with van der Waals surface area (Å²) in [7, 11) is 1.65. The van der Waals surface area contributed by atoms with E-state index in [-0.39, 0.29) is 23.4 Å². The molecule has 1 aliphatic heterocycles. The molecule has 176 valence electrons. The summed E-state index contributed by atoms with van der Waals surface area (Å²) in [6.07, 6.45) is 3.09. The molecule has 0 unspecified atom stereocenters. The number of carbonyl (C=O) groups excluding carboxylic acids is 1. The van der Waals surface area contributed by atoms with Crippen LogP contribution >= 0.6 is 22.7 Å². The smallest absolute Gasteiger partial charge is 0.263 e. The largest absolute Gasteiger partial charge is 0.497 e. The summed E-state index contributed by atoms with van der Waals surface area (Å²) in [5, 5.41) is 7.58. The number of rotatable bonds is 7. The molecule has 34 heavy (non-hydrogen) atoms. The second kappa shape index (κ2) is 9.69. The topological polar surface area (TPSA) is 82.5 Å². The maximum atomic E-state index is 13.2. The zero-order valence-electron chi connectivity index (χ0n) is 18.8. The third-order valence-corrected chi connectivity index (χ3v) is 8.23. The van der Waals surface area contributed by atoms with E-state index in [9.17, 15) is 9.59 Å². The van der Waals surface area contributed by atoms with E-state index in [0.29, 0.717) is 30.0 Å². The minimum Gasteiger partial charge on any atom is -0.497 e.